The first-order valence-corrected chi connectivity index (χ1v) is 7.07. The predicted octanol–water partition coefficient (Wildman–Crippen LogP) is -0.0980. The molecule has 2 saturated heterocycles. The zero-order chi connectivity index (χ0) is 11.2. The summed E-state index contributed by atoms with van der Waals surface area (Å²) in [5.41, 5.74) is 0. The van der Waals surface area contributed by atoms with Crippen LogP contribution in [0.15, 0.2) is 0 Å². The molecule has 0 aromatic heterocycles. The van der Waals surface area contributed by atoms with Crippen LogP contribution >= 0.6 is 0 Å². The van der Waals surface area contributed by atoms with Crippen LogP contribution in [0.5, 0.6) is 0 Å². The van der Waals surface area contributed by atoms with Crippen molar-refractivity contribution in [2.75, 3.05) is 26.5 Å². The second-order valence-electron chi connectivity index (χ2n) is 4.59. The van der Waals surface area contributed by atoms with Gasteiger partial charge in [0.1, 0.15) is 0 Å². The Bertz CT molecular complexity index is 343. The van der Waals surface area contributed by atoms with Crippen molar-refractivity contribution in [3.63, 3.8) is 0 Å². The summed E-state index contributed by atoms with van der Waals surface area (Å²) in [6.45, 7) is 3.19. The molecule has 0 aromatic carbocycles. The highest BCUT2D eigenvalue weighted by atomic mass is 32.2. The molecule has 5 nitrogen and oxygen atoms in total. The van der Waals surface area contributed by atoms with Crippen LogP contribution in [-0.2, 0) is 14.9 Å². The zero-order valence-corrected chi connectivity index (χ0v) is 10.2. The van der Waals surface area contributed by atoms with Crippen molar-refractivity contribution < 1.29 is 13.3 Å². The molecule has 0 bridgehead atoms. The fourth-order valence-corrected chi connectivity index (χ4v) is 3.77. The molecular weight excluding hydrogens is 216 g/mol. The minimum absolute atomic E-state index is 0.0744. The fourth-order valence-electron chi connectivity index (χ4n) is 2.57. The maximum absolute atomic E-state index is 11.5. The van der Waals surface area contributed by atoms with Crippen molar-refractivity contribution in [2.24, 2.45) is 5.92 Å². The van der Waals surface area contributed by atoms with Gasteiger partial charge in [-0.3, -0.25) is 4.84 Å². The molecule has 2 aliphatic rings. The average molecular weight is 234 g/mol. The van der Waals surface area contributed by atoms with Gasteiger partial charge in [-0.1, -0.05) is 0 Å². The minimum Gasteiger partial charge on any atom is -0.299 e. The first kappa shape index (κ1) is 11.3. The topological polar surface area (TPSA) is 49.9 Å². The molecule has 2 fully saturated rings. The highest BCUT2D eigenvalue weighted by Crippen LogP contribution is 2.31. The number of hydroxylamine groups is 2. The van der Waals surface area contributed by atoms with Crippen molar-refractivity contribution in [3.05, 3.63) is 0 Å². The summed E-state index contributed by atoms with van der Waals surface area (Å²) >= 11 is 0. The summed E-state index contributed by atoms with van der Waals surface area (Å²) < 4.78 is 24.7. The highest BCUT2D eigenvalue weighted by Gasteiger charge is 2.43. The number of rotatable bonds is 1. The standard InChI is InChI=1S/C9H18N2O3S/c1-7-4-9-8(6-14-10(9)2)5-11(7)15(3,12)13/h7-9H,4-6H2,1-3H3/t7-,8-,9-/m0/s1. The predicted molar refractivity (Wildman–Crippen MR) is 56.6 cm³/mol. The van der Waals surface area contributed by atoms with Gasteiger partial charge in [-0.05, 0) is 13.3 Å². The van der Waals surface area contributed by atoms with Crippen LogP contribution in [0.2, 0.25) is 0 Å². The lowest BCUT2D eigenvalue weighted by Gasteiger charge is -2.38. The molecule has 6 heteroatoms. The van der Waals surface area contributed by atoms with E-state index >= 15 is 0 Å². The number of fused-ring (bicyclic) bond motifs is 1. The van der Waals surface area contributed by atoms with E-state index in [9.17, 15) is 8.42 Å². The van der Waals surface area contributed by atoms with Gasteiger partial charge in [0.25, 0.3) is 0 Å². The monoisotopic (exact) mass is 234 g/mol. The lowest BCUT2D eigenvalue weighted by molar-refractivity contribution is -0.112. The van der Waals surface area contributed by atoms with Gasteiger partial charge in [-0.15, -0.1) is 0 Å². The van der Waals surface area contributed by atoms with Crippen LogP contribution in [0.25, 0.3) is 0 Å². The third-order valence-corrected chi connectivity index (χ3v) is 4.78. The van der Waals surface area contributed by atoms with E-state index < -0.39 is 10.0 Å². The molecule has 0 amide bonds. The van der Waals surface area contributed by atoms with E-state index in [4.69, 9.17) is 4.84 Å². The van der Waals surface area contributed by atoms with Gasteiger partial charge in [0.15, 0.2) is 0 Å². The van der Waals surface area contributed by atoms with Crippen LogP contribution in [-0.4, -0.2) is 56.3 Å². The first-order chi connectivity index (χ1) is 6.89. The van der Waals surface area contributed by atoms with Crippen molar-refractivity contribution in [3.8, 4) is 0 Å². The highest BCUT2D eigenvalue weighted by molar-refractivity contribution is 7.88. The molecule has 0 spiro atoms. The van der Waals surface area contributed by atoms with Gasteiger partial charge >= 0.3 is 0 Å². The van der Waals surface area contributed by atoms with E-state index in [0.717, 1.165) is 6.42 Å². The Labute approximate surface area is 91.0 Å². The van der Waals surface area contributed by atoms with Crippen LogP contribution in [0.3, 0.4) is 0 Å². The van der Waals surface area contributed by atoms with Gasteiger partial charge < -0.3 is 0 Å². The number of sulfonamides is 1. The van der Waals surface area contributed by atoms with E-state index in [2.05, 4.69) is 0 Å². The quantitative estimate of drug-likeness (QED) is 0.636. The van der Waals surface area contributed by atoms with Crippen molar-refractivity contribution in [1.29, 1.82) is 0 Å². The lowest BCUT2D eigenvalue weighted by atomic mass is 9.91. The summed E-state index contributed by atoms with van der Waals surface area (Å²) in [6, 6.07) is 0.448. The Balaban J connectivity index is 2.15. The number of hydrogen-bond donors (Lipinski definition) is 0. The molecule has 3 atom stereocenters. The largest absolute Gasteiger partial charge is 0.299 e. The van der Waals surface area contributed by atoms with Gasteiger partial charge in [0.2, 0.25) is 10.0 Å². The maximum atomic E-state index is 11.5. The normalized spacial score (nSPS) is 39.3. The Kier molecular flexibility index (Phi) is 2.79. The first-order valence-electron chi connectivity index (χ1n) is 5.22. The Morgan fingerprint density at radius 3 is 2.67 bits per heavy atom. The molecule has 2 aliphatic heterocycles. The van der Waals surface area contributed by atoms with E-state index in [1.807, 2.05) is 19.0 Å². The Morgan fingerprint density at radius 2 is 2.07 bits per heavy atom. The molecule has 15 heavy (non-hydrogen) atoms. The Hall–Kier alpha value is -0.170. The number of nitrogens with zero attached hydrogens (tertiary/aromatic N) is 2. The number of hydrogen-bond acceptors (Lipinski definition) is 4. The van der Waals surface area contributed by atoms with Gasteiger partial charge in [-0.25, -0.2) is 8.42 Å². The maximum Gasteiger partial charge on any atom is 0.211 e. The molecule has 0 saturated carbocycles. The molecule has 0 aromatic rings. The summed E-state index contributed by atoms with van der Waals surface area (Å²) in [6.07, 6.45) is 2.14. The number of piperidine rings is 1. The zero-order valence-electron chi connectivity index (χ0n) is 9.38. The summed E-state index contributed by atoms with van der Waals surface area (Å²) in [5.74, 6) is 0.320. The lowest BCUT2D eigenvalue weighted by Crippen LogP contribution is -2.51. The van der Waals surface area contributed by atoms with Crippen molar-refractivity contribution in [2.45, 2.75) is 25.4 Å². The molecule has 0 radical (unpaired) electrons. The summed E-state index contributed by atoms with van der Waals surface area (Å²) in [5, 5.41) is 1.88. The van der Waals surface area contributed by atoms with Crippen molar-refractivity contribution >= 4 is 10.0 Å². The molecule has 0 aliphatic carbocycles. The molecular formula is C9H18N2O3S. The SMILES string of the molecule is C[C@H]1C[C@H]2[C@H](CON2C)CN1S(C)(=O)=O. The third-order valence-electron chi connectivity index (χ3n) is 3.42. The molecule has 88 valence electrons. The van der Waals surface area contributed by atoms with Crippen LogP contribution in [0, 0.1) is 5.92 Å². The molecule has 2 heterocycles. The average Bonchev–Trinajstić information content (AvgIpc) is 2.45. The second-order valence-corrected chi connectivity index (χ2v) is 6.52. The molecule has 2 rings (SSSR count). The molecule has 0 unspecified atom stereocenters. The molecule has 0 N–H and O–H groups in total. The van der Waals surface area contributed by atoms with Crippen LogP contribution < -0.4 is 0 Å². The van der Waals surface area contributed by atoms with E-state index in [1.165, 1.54) is 6.26 Å². The second kappa shape index (κ2) is 3.69. The van der Waals surface area contributed by atoms with Crippen LogP contribution in [0.4, 0.5) is 0 Å². The van der Waals surface area contributed by atoms with Gasteiger partial charge in [-0.2, -0.15) is 9.37 Å². The smallest absolute Gasteiger partial charge is 0.211 e. The van der Waals surface area contributed by atoms with Gasteiger partial charge in [0.05, 0.1) is 12.9 Å². The van der Waals surface area contributed by atoms with Crippen LogP contribution in [0.1, 0.15) is 13.3 Å². The van der Waals surface area contributed by atoms with Crippen molar-refractivity contribution in [1.82, 2.24) is 9.37 Å². The Morgan fingerprint density at radius 1 is 1.40 bits per heavy atom. The van der Waals surface area contributed by atoms with E-state index in [0.29, 0.717) is 25.1 Å². The fraction of sp³-hybridized carbons (Fsp3) is 1.00. The van der Waals surface area contributed by atoms with E-state index in [-0.39, 0.29) is 6.04 Å². The third kappa shape index (κ3) is 2.04. The van der Waals surface area contributed by atoms with E-state index in [1.54, 1.807) is 4.31 Å². The minimum atomic E-state index is -3.07. The van der Waals surface area contributed by atoms with Gasteiger partial charge in [0, 0.05) is 31.6 Å². The summed E-state index contributed by atoms with van der Waals surface area (Å²) in [4.78, 5) is 5.42. The summed E-state index contributed by atoms with van der Waals surface area (Å²) in [7, 11) is -1.15.